The molecule has 14 heavy (non-hydrogen) atoms. The van der Waals surface area contributed by atoms with E-state index >= 15 is 0 Å². The molecule has 82 valence electrons. The Morgan fingerprint density at radius 3 is 2.36 bits per heavy atom. The van der Waals surface area contributed by atoms with Crippen LogP contribution in [0.5, 0.6) is 0 Å². The maximum atomic E-state index is 10.7. The summed E-state index contributed by atoms with van der Waals surface area (Å²) in [5.74, 6) is -0.198. The van der Waals surface area contributed by atoms with Crippen LogP contribution in [0.25, 0.3) is 0 Å². The van der Waals surface area contributed by atoms with Crippen LogP contribution in [-0.2, 0) is 4.79 Å². The largest absolute Gasteiger partial charge is 0.481 e. The third-order valence-corrected chi connectivity index (χ3v) is 2.95. The summed E-state index contributed by atoms with van der Waals surface area (Å²) >= 11 is 0. The number of nitrogens with one attached hydrogen (secondary N) is 2. The van der Waals surface area contributed by atoms with Gasteiger partial charge in [0.15, 0.2) is 0 Å². The zero-order valence-electron chi connectivity index (χ0n) is 9.13. The Labute approximate surface area is 85.1 Å². The molecule has 3 N–H and O–H groups in total. The van der Waals surface area contributed by atoms with Crippen LogP contribution in [0.1, 0.15) is 27.2 Å². The highest BCUT2D eigenvalue weighted by atomic mass is 16.4. The van der Waals surface area contributed by atoms with Crippen LogP contribution in [0, 0.1) is 5.92 Å². The van der Waals surface area contributed by atoms with Crippen LogP contribution >= 0.6 is 0 Å². The topological polar surface area (TPSA) is 61.4 Å². The molecule has 1 aliphatic heterocycles. The quantitative estimate of drug-likeness (QED) is 0.602. The monoisotopic (exact) mass is 200 g/mol. The molecule has 0 aromatic carbocycles. The van der Waals surface area contributed by atoms with Crippen LogP contribution in [-0.4, -0.2) is 35.7 Å². The minimum atomic E-state index is -0.727. The van der Waals surface area contributed by atoms with Gasteiger partial charge in [0.1, 0.15) is 0 Å². The molecule has 0 aliphatic carbocycles. The molecule has 0 radical (unpaired) electrons. The Morgan fingerprint density at radius 1 is 1.50 bits per heavy atom. The van der Waals surface area contributed by atoms with Gasteiger partial charge in [-0.1, -0.05) is 13.8 Å². The summed E-state index contributed by atoms with van der Waals surface area (Å²) in [6, 6.07) is 0.358. The van der Waals surface area contributed by atoms with Gasteiger partial charge in [-0.2, -0.15) is 0 Å². The molecule has 1 aliphatic rings. The van der Waals surface area contributed by atoms with Crippen molar-refractivity contribution in [1.82, 2.24) is 10.6 Å². The van der Waals surface area contributed by atoms with Crippen LogP contribution < -0.4 is 10.6 Å². The average molecular weight is 200 g/mol. The summed E-state index contributed by atoms with van der Waals surface area (Å²) in [4.78, 5) is 10.7. The van der Waals surface area contributed by atoms with Crippen molar-refractivity contribution in [2.75, 3.05) is 13.1 Å². The molecule has 4 heteroatoms. The highest BCUT2D eigenvalue weighted by Crippen LogP contribution is 2.18. The molecule has 1 fully saturated rings. The van der Waals surface area contributed by atoms with Gasteiger partial charge >= 0.3 is 5.97 Å². The maximum Gasteiger partial charge on any atom is 0.305 e. The third-order valence-electron chi connectivity index (χ3n) is 2.95. The fourth-order valence-electron chi connectivity index (χ4n) is 1.64. The van der Waals surface area contributed by atoms with Gasteiger partial charge in [0.25, 0.3) is 0 Å². The first-order chi connectivity index (χ1) is 6.45. The minimum Gasteiger partial charge on any atom is -0.481 e. The van der Waals surface area contributed by atoms with Gasteiger partial charge < -0.3 is 15.7 Å². The second-order valence-electron chi connectivity index (χ2n) is 4.63. The lowest BCUT2D eigenvalue weighted by molar-refractivity contribution is -0.139. The van der Waals surface area contributed by atoms with Crippen LogP contribution in [0.3, 0.4) is 0 Å². The van der Waals surface area contributed by atoms with E-state index in [0.29, 0.717) is 12.0 Å². The average Bonchev–Trinajstić information content (AvgIpc) is 1.99. The number of aliphatic carboxylic acids is 1. The van der Waals surface area contributed by atoms with Crippen LogP contribution in [0.15, 0.2) is 0 Å². The molecule has 1 unspecified atom stereocenters. The molecular weight excluding hydrogens is 180 g/mol. The molecule has 0 bridgehead atoms. The SMILES string of the molecule is CC(C)C(C)NC1(CC(=O)O)CNC1. The second kappa shape index (κ2) is 4.28. The lowest BCUT2D eigenvalue weighted by Gasteiger charge is -2.45. The van der Waals surface area contributed by atoms with E-state index in [0.717, 1.165) is 13.1 Å². The lowest BCUT2D eigenvalue weighted by atomic mass is 9.86. The van der Waals surface area contributed by atoms with E-state index in [1.165, 1.54) is 0 Å². The Hall–Kier alpha value is -0.610. The molecule has 1 rings (SSSR count). The summed E-state index contributed by atoms with van der Waals surface area (Å²) in [7, 11) is 0. The fraction of sp³-hybridized carbons (Fsp3) is 0.900. The van der Waals surface area contributed by atoms with Crippen LogP contribution in [0.2, 0.25) is 0 Å². The van der Waals surface area contributed by atoms with Crippen molar-refractivity contribution in [1.29, 1.82) is 0 Å². The van der Waals surface area contributed by atoms with Crippen LogP contribution in [0.4, 0.5) is 0 Å². The Balaban J connectivity index is 2.49. The Morgan fingerprint density at radius 2 is 2.07 bits per heavy atom. The summed E-state index contributed by atoms with van der Waals surface area (Å²) < 4.78 is 0. The summed E-state index contributed by atoms with van der Waals surface area (Å²) in [5.41, 5.74) is -0.213. The van der Waals surface area contributed by atoms with E-state index in [4.69, 9.17) is 5.11 Å². The maximum absolute atomic E-state index is 10.7. The predicted octanol–water partition coefficient (Wildman–Crippen LogP) is 0.437. The zero-order chi connectivity index (χ0) is 10.8. The molecule has 0 saturated carbocycles. The summed E-state index contributed by atoms with van der Waals surface area (Å²) in [6.45, 7) is 7.90. The Bertz CT molecular complexity index is 212. The van der Waals surface area contributed by atoms with E-state index in [1.54, 1.807) is 0 Å². The summed E-state index contributed by atoms with van der Waals surface area (Å²) in [6.07, 6.45) is 0.205. The van der Waals surface area contributed by atoms with Gasteiger partial charge in [-0.25, -0.2) is 0 Å². The van der Waals surface area contributed by atoms with Crippen molar-refractivity contribution in [3.8, 4) is 0 Å². The molecule has 0 aromatic heterocycles. The molecule has 4 nitrogen and oxygen atoms in total. The molecule has 0 amide bonds. The van der Waals surface area contributed by atoms with Gasteiger partial charge in [-0.05, 0) is 12.8 Å². The third kappa shape index (κ3) is 2.69. The zero-order valence-corrected chi connectivity index (χ0v) is 9.13. The molecule has 1 heterocycles. The smallest absolute Gasteiger partial charge is 0.305 e. The van der Waals surface area contributed by atoms with Crippen molar-refractivity contribution < 1.29 is 9.90 Å². The second-order valence-corrected chi connectivity index (χ2v) is 4.63. The van der Waals surface area contributed by atoms with Crippen molar-refractivity contribution in [3.05, 3.63) is 0 Å². The van der Waals surface area contributed by atoms with Crippen molar-refractivity contribution in [2.24, 2.45) is 5.92 Å². The van der Waals surface area contributed by atoms with Gasteiger partial charge in [0, 0.05) is 19.1 Å². The van der Waals surface area contributed by atoms with Crippen molar-refractivity contribution >= 4 is 5.97 Å². The van der Waals surface area contributed by atoms with E-state index in [2.05, 4.69) is 31.4 Å². The molecule has 0 aromatic rings. The summed E-state index contributed by atoms with van der Waals surface area (Å²) in [5, 5.41) is 15.3. The van der Waals surface area contributed by atoms with E-state index < -0.39 is 5.97 Å². The Kier molecular flexibility index (Phi) is 3.50. The highest BCUT2D eigenvalue weighted by molar-refractivity contribution is 5.68. The number of rotatable bonds is 5. The molecule has 0 spiro atoms. The lowest BCUT2D eigenvalue weighted by Crippen LogP contribution is -2.70. The highest BCUT2D eigenvalue weighted by Gasteiger charge is 2.39. The van der Waals surface area contributed by atoms with Gasteiger partial charge in [-0.15, -0.1) is 0 Å². The first-order valence-electron chi connectivity index (χ1n) is 5.15. The van der Waals surface area contributed by atoms with Gasteiger partial charge in [0.05, 0.1) is 12.0 Å². The number of hydrogen-bond acceptors (Lipinski definition) is 3. The molecular formula is C10H20N2O2. The van der Waals surface area contributed by atoms with E-state index in [9.17, 15) is 4.79 Å². The minimum absolute atomic E-state index is 0.205. The molecule has 1 atom stereocenters. The number of hydrogen-bond donors (Lipinski definition) is 3. The van der Waals surface area contributed by atoms with Gasteiger partial charge in [-0.3, -0.25) is 4.79 Å². The first-order valence-corrected chi connectivity index (χ1v) is 5.15. The number of carbonyl (C=O) groups is 1. The van der Waals surface area contributed by atoms with Crippen molar-refractivity contribution in [3.63, 3.8) is 0 Å². The normalized spacial score (nSPS) is 21.7. The number of carboxylic acid groups (broad SMARTS) is 1. The predicted molar refractivity (Wildman–Crippen MR) is 55.3 cm³/mol. The van der Waals surface area contributed by atoms with E-state index in [1.807, 2.05) is 0 Å². The van der Waals surface area contributed by atoms with Crippen molar-refractivity contribution in [2.45, 2.75) is 38.8 Å². The fourth-order valence-corrected chi connectivity index (χ4v) is 1.64. The molecule has 1 saturated heterocycles. The standard InChI is InChI=1S/C10H20N2O2/c1-7(2)8(3)12-10(4-9(13)14)5-11-6-10/h7-8,11-12H,4-6H2,1-3H3,(H,13,14). The van der Waals surface area contributed by atoms with Gasteiger partial charge in [0.2, 0.25) is 0 Å². The number of carboxylic acids is 1. The van der Waals surface area contributed by atoms with E-state index in [-0.39, 0.29) is 12.0 Å². The first kappa shape index (κ1) is 11.5.